The first kappa shape index (κ1) is 17.7. The van der Waals surface area contributed by atoms with Gasteiger partial charge in [-0.25, -0.2) is 4.98 Å². The van der Waals surface area contributed by atoms with E-state index in [2.05, 4.69) is 10.3 Å². The van der Waals surface area contributed by atoms with E-state index in [1.807, 2.05) is 12.1 Å². The molecule has 0 unspecified atom stereocenters. The van der Waals surface area contributed by atoms with Crippen LogP contribution < -0.4 is 15.8 Å². The monoisotopic (exact) mass is 313 g/mol. The summed E-state index contributed by atoms with van der Waals surface area (Å²) in [6, 6.07) is 3.66. The van der Waals surface area contributed by atoms with E-state index in [4.69, 9.17) is 10.5 Å². The number of carbonyl (C=O) groups excluding carboxylic acids is 1. The van der Waals surface area contributed by atoms with E-state index >= 15 is 0 Å². The van der Waals surface area contributed by atoms with Crippen LogP contribution in [0.25, 0.3) is 0 Å². The van der Waals surface area contributed by atoms with Crippen molar-refractivity contribution in [2.24, 2.45) is 11.7 Å². The standard InChI is InChI=1S/C15H23N3O2.ClH/c16-9-8-14(19)18-15-13(7-4-10-17-15)20-11-12-5-2-1-3-6-12;/h4,7,10,12H,1-3,5-6,8-9,11,16H2,(H,17,18,19);1H. The highest BCUT2D eigenvalue weighted by Gasteiger charge is 2.15. The van der Waals surface area contributed by atoms with E-state index in [9.17, 15) is 4.79 Å². The van der Waals surface area contributed by atoms with Gasteiger partial charge >= 0.3 is 0 Å². The Balaban J connectivity index is 0.00000220. The zero-order valence-electron chi connectivity index (χ0n) is 12.2. The lowest BCUT2D eigenvalue weighted by molar-refractivity contribution is -0.116. The minimum atomic E-state index is -0.131. The number of nitrogens with one attached hydrogen (secondary N) is 1. The summed E-state index contributed by atoms with van der Waals surface area (Å²) < 4.78 is 5.85. The number of carbonyl (C=O) groups is 1. The van der Waals surface area contributed by atoms with E-state index in [-0.39, 0.29) is 18.3 Å². The number of pyridine rings is 1. The molecule has 21 heavy (non-hydrogen) atoms. The zero-order valence-corrected chi connectivity index (χ0v) is 13.0. The van der Waals surface area contributed by atoms with Crippen molar-refractivity contribution in [2.75, 3.05) is 18.5 Å². The summed E-state index contributed by atoms with van der Waals surface area (Å²) in [6.07, 6.45) is 8.32. The smallest absolute Gasteiger partial charge is 0.226 e. The van der Waals surface area contributed by atoms with E-state index in [0.29, 0.717) is 37.1 Å². The Hall–Kier alpha value is -1.33. The summed E-state index contributed by atoms with van der Waals surface area (Å²) in [5, 5.41) is 2.74. The van der Waals surface area contributed by atoms with Gasteiger partial charge < -0.3 is 15.8 Å². The molecule has 118 valence electrons. The number of aromatic nitrogens is 1. The highest BCUT2D eigenvalue weighted by Crippen LogP contribution is 2.26. The lowest BCUT2D eigenvalue weighted by Gasteiger charge is -2.22. The van der Waals surface area contributed by atoms with Gasteiger partial charge in [-0.1, -0.05) is 19.3 Å². The third kappa shape index (κ3) is 5.89. The second-order valence-corrected chi connectivity index (χ2v) is 5.25. The minimum Gasteiger partial charge on any atom is -0.489 e. The van der Waals surface area contributed by atoms with Crippen LogP contribution in [0.2, 0.25) is 0 Å². The summed E-state index contributed by atoms with van der Waals surface area (Å²) in [6.45, 7) is 1.03. The predicted octanol–water partition coefficient (Wildman–Crippen LogP) is 2.75. The van der Waals surface area contributed by atoms with Gasteiger partial charge in [-0.2, -0.15) is 0 Å². The van der Waals surface area contributed by atoms with Crippen molar-refractivity contribution >= 4 is 24.1 Å². The van der Waals surface area contributed by atoms with Crippen LogP contribution in [0.1, 0.15) is 38.5 Å². The molecule has 6 heteroatoms. The van der Waals surface area contributed by atoms with E-state index in [1.165, 1.54) is 32.1 Å². The van der Waals surface area contributed by atoms with Gasteiger partial charge in [0, 0.05) is 19.2 Å². The van der Waals surface area contributed by atoms with Gasteiger partial charge in [0.2, 0.25) is 5.91 Å². The highest BCUT2D eigenvalue weighted by molar-refractivity contribution is 5.91. The van der Waals surface area contributed by atoms with Crippen LogP contribution in [0.3, 0.4) is 0 Å². The Morgan fingerprint density at radius 2 is 2.14 bits per heavy atom. The quantitative estimate of drug-likeness (QED) is 0.846. The van der Waals surface area contributed by atoms with Gasteiger partial charge in [-0.05, 0) is 30.9 Å². The molecule has 1 aromatic heterocycles. The van der Waals surface area contributed by atoms with Crippen LogP contribution in [0.5, 0.6) is 5.75 Å². The molecule has 5 nitrogen and oxygen atoms in total. The molecule has 1 heterocycles. The van der Waals surface area contributed by atoms with Crippen molar-refractivity contribution in [1.82, 2.24) is 4.98 Å². The summed E-state index contributed by atoms with van der Waals surface area (Å²) in [7, 11) is 0. The summed E-state index contributed by atoms with van der Waals surface area (Å²) in [4.78, 5) is 15.8. The first-order valence-corrected chi connectivity index (χ1v) is 7.37. The van der Waals surface area contributed by atoms with Gasteiger partial charge in [0.25, 0.3) is 0 Å². The molecular weight excluding hydrogens is 290 g/mol. The molecule has 0 saturated heterocycles. The van der Waals surface area contributed by atoms with Crippen molar-refractivity contribution in [3.8, 4) is 5.75 Å². The molecule has 2 rings (SSSR count). The Morgan fingerprint density at radius 3 is 2.86 bits per heavy atom. The van der Waals surface area contributed by atoms with Gasteiger partial charge in [0.1, 0.15) is 0 Å². The normalized spacial score (nSPS) is 15.1. The Labute approximate surface area is 132 Å². The summed E-state index contributed by atoms with van der Waals surface area (Å²) in [5.41, 5.74) is 5.36. The van der Waals surface area contributed by atoms with Gasteiger partial charge in [-0.3, -0.25) is 4.79 Å². The molecule has 1 aliphatic rings. The molecular formula is C15H24ClN3O2. The average molecular weight is 314 g/mol. The number of nitrogens with two attached hydrogens (primary N) is 1. The number of hydrogen-bond donors (Lipinski definition) is 2. The third-order valence-corrected chi connectivity index (χ3v) is 3.60. The van der Waals surface area contributed by atoms with E-state index in [0.717, 1.165) is 0 Å². The molecule has 0 bridgehead atoms. The molecule has 1 amide bonds. The van der Waals surface area contributed by atoms with Crippen LogP contribution in [0, 0.1) is 5.92 Å². The Morgan fingerprint density at radius 1 is 1.38 bits per heavy atom. The zero-order chi connectivity index (χ0) is 14.2. The molecule has 3 N–H and O–H groups in total. The lowest BCUT2D eigenvalue weighted by Crippen LogP contribution is -2.19. The predicted molar refractivity (Wildman–Crippen MR) is 85.9 cm³/mol. The highest BCUT2D eigenvalue weighted by atomic mass is 35.5. The summed E-state index contributed by atoms with van der Waals surface area (Å²) in [5.74, 6) is 1.62. The Bertz CT molecular complexity index is 437. The molecule has 1 saturated carbocycles. The van der Waals surface area contributed by atoms with Gasteiger partial charge in [0.05, 0.1) is 6.61 Å². The summed E-state index contributed by atoms with van der Waals surface area (Å²) >= 11 is 0. The molecule has 1 fully saturated rings. The van der Waals surface area contributed by atoms with Gasteiger partial charge in [0.15, 0.2) is 11.6 Å². The first-order valence-electron chi connectivity index (χ1n) is 7.37. The maximum Gasteiger partial charge on any atom is 0.226 e. The number of ether oxygens (including phenoxy) is 1. The SMILES string of the molecule is Cl.NCCC(=O)Nc1ncccc1OCC1CCCCC1. The van der Waals surface area contributed by atoms with Crippen molar-refractivity contribution in [1.29, 1.82) is 0 Å². The molecule has 0 spiro atoms. The van der Waals surface area contributed by atoms with Crippen LogP contribution >= 0.6 is 12.4 Å². The first-order chi connectivity index (χ1) is 9.79. The second kappa shape index (κ2) is 9.58. The number of amides is 1. The molecule has 1 aromatic rings. The molecule has 1 aliphatic carbocycles. The number of nitrogens with zero attached hydrogens (tertiary/aromatic N) is 1. The number of halogens is 1. The molecule has 0 atom stereocenters. The number of anilines is 1. The van der Waals surface area contributed by atoms with Crippen LogP contribution in [0.15, 0.2) is 18.3 Å². The van der Waals surface area contributed by atoms with Crippen molar-refractivity contribution in [3.63, 3.8) is 0 Å². The largest absolute Gasteiger partial charge is 0.489 e. The van der Waals surface area contributed by atoms with E-state index < -0.39 is 0 Å². The second-order valence-electron chi connectivity index (χ2n) is 5.25. The maximum absolute atomic E-state index is 11.6. The fourth-order valence-corrected chi connectivity index (χ4v) is 2.49. The van der Waals surface area contributed by atoms with Crippen LogP contribution in [-0.2, 0) is 4.79 Å². The number of hydrogen-bond acceptors (Lipinski definition) is 4. The molecule has 0 radical (unpaired) electrons. The fraction of sp³-hybridized carbons (Fsp3) is 0.600. The topological polar surface area (TPSA) is 77.2 Å². The average Bonchev–Trinajstić information content (AvgIpc) is 2.48. The van der Waals surface area contributed by atoms with Crippen LogP contribution in [0.4, 0.5) is 5.82 Å². The number of rotatable bonds is 6. The molecule has 0 aliphatic heterocycles. The third-order valence-electron chi connectivity index (χ3n) is 3.60. The van der Waals surface area contributed by atoms with Crippen molar-refractivity contribution in [3.05, 3.63) is 18.3 Å². The van der Waals surface area contributed by atoms with Crippen LogP contribution in [-0.4, -0.2) is 24.0 Å². The van der Waals surface area contributed by atoms with Crippen molar-refractivity contribution in [2.45, 2.75) is 38.5 Å². The molecule has 0 aromatic carbocycles. The van der Waals surface area contributed by atoms with Gasteiger partial charge in [-0.15, -0.1) is 12.4 Å². The van der Waals surface area contributed by atoms with E-state index in [1.54, 1.807) is 6.20 Å². The fourth-order valence-electron chi connectivity index (χ4n) is 2.49. The Kier molecular flexibility index (Phi) is 8.08. The lowest BCUT2D eigenvalue weighted by atomic mass is 9.90. The minimum absolute atomic E-state index is 0. The van der Waals surface area contributed by atoms with Crippen molar-refractivity contribution < 1.29 is 9.53 Å². The maximum atomic E-state index is 11.6.